The number of carbonyl (C=O) groups is 1. The fourth-order valence-electron chi connectivity index (χ4n) is 1.52. The van der Waals surface area contributed by atoms with Gasteiger partial charge in [-0.2, -0.15) is 0 Å². The van der Waals surface area contributed by atoms with E-state index in [9.17, 15) is 4.79 Å². The fourth-order valence-corrected chi connectivity index (χ4v) is 1.52. The van der Waals surface area contributed by atoms with E-state index in [4.69, 9.17) is 6.42 Å². The molecule has 0 atom stereocenters. The summed E-state index contributed by atoms with van der Waals surface area (Å²) in [5.41, 5.74) is 2.28. The lowest BCUT2D eigenvalue weighted by atomic mass is 10.2. The summed E-state index contributed by atoms with van der Waals surface area (Å²) in [5, 5.41) is 2.75. The summed E-state index contributed by atoms with van der Waals surface area (Å²) in [6, 6.07) is 10.8. The van der Waals surface area contributed by atoms with Gasteiger partial charge in [-0.1, -0.05) is 18.1 Å². The largest absolute Gasteiger partial charge is 0.322 e. The summed E-state index contributed by atoms with van der Waals surface area (Å²) in [7, 11) is 0. The average Bonchev–Trinajstić information content (AvgIpc) is 2.46. The van der Waals surface area contributed by atoms with Gasteiger partial charge in [0.2, 0.25) is 5.91 Å². The van der Waals surface area contributed by atoms with E-state index < -0.39 is 0 Å². The number of aromatic nitrogens is 1. The number of anilines is 1. The maximum Gasteiger partial charge on any atom is 0.248 e. The lowest BCUT2D eigenvalue weighted by molar-refractivity contribution is -0.111. The molecule has 3 heteroatoms. The van der Waals surface area contributed by atoms with Gasteiger partial charge in [-0.25, -0.2) is 0 Å². The first-order valence-corrected chi connectivity index (χ1v) is 5.74. The second kappa shape index (κ2) is 6.18. The lowest BCUT2D eigenvalue weighted by Gasteiger charge is -2.02. The molecule has 1 N–H and O–H groups in total. The van der Waals surface area contributed by atoms with E-state index in [1.165, 1.54) is 6.08 Å². The minimum Gasteiger partial charge on any atom is -0.322 e. The molecule has 0 spiro atoms. The minimum absolute atomic E-state index is 0.210. The molecule has 3 nitrogen and oxygen atoms in total. The molecule has 1 aromatic heterocycles. The van der Waals surface area contributed by atoms with Gasteiger partial charge in [0.1, 0.15) is 0 Å². The number of terminal acetylenes is 1. The van der Waals surface area contributed by atoms with Gasteiger partial charge in [-0.3, -0.25) is 9.78 Å². The summed E-state index contributed by atoms with van der Waals surface area (Å²) in [4.78, 5) is 15.7. The molecule has 0 aliphatic carbocycles. The summed E-state index contributed by atoms with van der Waals surface area (Å²) in [6.07, 6.45) is 11.8. The molecule has 0 unspecified atom stereocenters. The highest BCUT2D eigenvalue weighted by Crippen LogP contribution is 2.09. The molecule has 0 aliphatic rings. The smallest absolute Gasteiger partial charge is 0.248 e. The second-order valence-corrected chi connectivity index (χ2v) is 3.83. The van der Waals surface area contributed by atoms with Crippen LogP contribution in [0.3, 0.4) is 0 Å². The van der Waals surface area contributed by atoms with Crippen LogP contribution in [0.15, 0.2) is 54.9 Å². The Bertz CT molecular complexity index is 639. The standard InChI is InChI=1S/C16H12N2O/c1-2-13-5-3-7-15(11-13)18-16(19)9-8-14-6-4-10-17-12-14/h1,3-12H,(H,18,19)/b9-8+. The van der Waals surface area contributed by atoms with E-state index in [1.807, 2.05) is 12.1 Å². The molecule has 1 amide bonds. The van der Waals surface area contributed by atoms with Crippen molar-refractivity contribution in [3.63, 3.8) is 0 Å². The molecule has 0 radical (unpaired) electrons. The van der Waals surface area contributed by atoms with Crippen molar-refractivity contribution in [2.24, 2.45) is 0 Å². The topological polar surface area (TPSA) is 42.0 Å². The van der Waals surface area contributed by atoms with Crippen LogP contribution >= 0.6 is 0 Å². The van der Waals surface area contributed by atoms with Crippen molar-refractivity contribution in [1.82, 2.24) is 4.98 Å². The zero-order valence-electron chi connectivity index (χ0n) is 10.2. The van der Waals surface area contributed by atoms with Gasteiger partial charge < -0.3 is 5.32 Å². The van der Waals surface area contributed by atoms with E-state index in [2.05, 4.69) is 16.2 Å². The molecule has 0 saturated heterocycles. The molecule has 0 saturated carbocycles. The van der Waals surface area contributed by atoms with Crippen molar-refractivity contribution in [2.45, 2.75) is 0 Å². The highest BCUT2D eigenvalue weighted by Gasteiger charge is 1.98. The molecule has 0 aliphatic heterocycles. The van der Waals surface area contributed by atoms with Gasteiger partial charge in [-0.15, -0.1) is 6.42 Å². The average molecular weight is 248 g/mol. The third-order valence-electron chi connectivity index (χ3n) is 2.41. The summed E-state index contributed by atoms with van der Waals surface area (Å²) >= 11 is 0. The quantitative estimate of drug-likeness (QED) is 0.670. The van der Waals surface area contributed by atoms with Crippen molar-refractivity contribution in [1.29, 1.82) is 0 Å². The van der Waals surface area contributed by atoms with E-state index >= 15 is 0 Å². The van der Waals surface area contributed by atoms with E-state index in [0.717, 1.165) is 11.1 Å². The van der Waals surface area contributed by atoms with Gasteiger partial charge in [0.05, 0.1) is 0 Å². The van der Waals surface area contributed by atoms with E-state index in [1.54, 1.807) is 42.7 Å². The number of hydrogen-bond acceptors (Lipinski definition) is 2. The Morgan fingerprint density at radius 2 is 2.21 bits per heavy atom. The van der Waals surface area contributed by atoms with Crippen molar-refractivity contribution in [3.8, 4) is 12.3 Å². The van der Waals surface area contributed by atoms with Gasteiger partial charge in [0, 0.05) is 29.7 Å². The zero-order valence-corrected chi connectivity index (χ0v) is 10.2. The fraction of sp³-hybridized carbons (Fsp3) is 0. The Labute approximate surface area is 112 Å². The molecule has 1 aromatic carbocycles. The van der Waals surface area contributed by atoms with Gasteiger partial charge >= 0.3 is 0 Å². The van der Waals surface area contributed by atoms with Gasteiger partial charge in [0.15, 0.2) is 0 Å². The Morgan fingerprint density at radius 1 is 1.32 bits per heavy atom. The SMILES string of the molecule is C#Cc1cccc(NC(=O)/C=C/c2cccnc2)c1. The Balaban J connectivity index is 2.02. The van der Waals surface area contributed by atoms with Crippen LogP contribution < -0.4 is 5.32 Å². The van der Waals surface area contributed by atoms with Gasteiger partial charge in [0.25, 0.3) is 0 Å². The van der Waals surface area contributed by atoms with Crippen molar-refractivity contribution in [2.75, 3.05) is 5.32 Å². The third-order valence-corrected chi connectivity index (χ3v) is 2.41. The highest BCUT2D eigenvalue weighted by atomic mass is 16.1. The molecule has 0 bridgehead atoms. The molecule has 0 fully saturated rings. The highest BCUT2D eigenvalue weighted by molar-refractivity contribution is 6.01. The zero-order chi connectivity index (χ0) is 13.5. The normalized spacial score (nSPS) is 10.1. The predicted octanol–water partition coefficient (Wildman–Crippen LogP) is 2.71. The van der Waals surface area contributed by atoms with Crippen molar-refractivity contribution in [3.05, 3.63) is 66.0 Å². The Kier molecular flexibility index (Phi) is 4.09. The molecule has 2 aromatic rings. The Morgan fingerprint density at radius 3 is 2.95 bits per heavy atom. The number of amides is 1. The van der Waals surface area contributed by atoms with E-state index in [0.29, 0.717) is 5.69 Å². The molecule has 19 heavy (non-hydrogen) atoms. The minimum atomic E-state index is -0.210. The number of pyridine rings is 1. The maximum absolute atomic E-state index is 11.7. The number of hydrogen-bond donors (Lipinski definition) is 1. The third kappa shape index (κ3) is 3.83. The van der Waals surface area contributed by atoms with Crippen LogP contribution in [0, 0.1) is 12.3 Å². The van der Waals surface area contributed by atoms with Crippen molar-refractivity contribution < 1.29 is 4.79 Å². The van der Waals surface area contributed by atoms with Crippen LogP contribution in [-0.2, 0) is 4.79 Å². The number of carbonyl (C=O) groups excluding carboxylic acids is 1. The molecule has 2 rings (SSSR count). The second-order valence-electron chi connectivity index (χ2n) is 3.83. The Hall–Kier alpha value is -2.86. The summed E-state index contributed by atoms with van der Waals surface area (Å²) in [6.45, 7) is 0. The molecular weight excluding hydrogens is 236 g/mol. The number of nitrogens with one attached hydrogen (secondary N) is 1. The maximum atomic E-state index is 11.7. The predicted molar refractivity (Wildman–Crippen MR) is 76.3 cm³/mol. The summed E-state index contributed by atoms with van der Waals surface area (Å²) < 4.78 is 0. The van der Waals surface area contributed by atoms with Crippen LogP contribution in [-0.4, -0.2) is 10.9 Å². The molecule has 1 heterocycles. The molecule has 92 valence electrons. The number of rotatable bonds is 3. The molecular formula is C16H12N2O. The van der Waals surface area contributed by atoms with Crippen LogP contribution in [0.1, 0.15) is 11.1 Å². The van der Waals surface area contributed by atoms with Gasteiger partial charge in [-0.05, 0) is 35.9 Å². The number of nitrogens with zero attached hydrogens (tertiary/aromatic N) is 1. The first-order valence-electron chi connectivity index (χ1n) is 5.74. The number of benzene rings is 1. The first kappa shape index (κ1) is 12.6. The van der Waals surface area contributed by atoms with Crippen LogP contribution in [0.25, 0.3) is 6.08 Å². The summed E-state index contributed by atoms with van der Waals surface area (Å²) in [5.74, 6) is 2.31. The van der Waals surface area contributed by atoms with E-state index in [-0.39, 0.29) is 5.91 Å². The lowest BCUT2D eigenvalue weighted by Crippen LogP contribution is -2.07. The van der Waals surface area contributed by atoms with Crippen LogP contribution in [0.5, 0.6) is 0 Å². The van der Waals surface area contributed by atoms with Crippen molar-refractivity contribution >= 4 is 17.7 Å². The van der Waals surface area contributed by atoms with Crippen LogP contribution in [0.4, 0.5) is 5.69 Å². The monoisotopic (exact) mass is 248 g/mol. The first-order chi connectivity index (χ1) is 9.28. The van der Waals surface area contributed by atoms with Crippen LogP contribution in [0.2, 0.25) is 0 Å².